The predicted octanol–water partition coefficient (Wildman–Crippen LogP) is 1.96. The van der Waals surface area contributed by atoms with Crippen molar-refractivity contribution >= 4 is 11.9 Å². The fourth-order valence-corrected chi connectivity index (χ4v) is 2.11. The normalized spacial score (nSPS) is 16.4. The van der Waals surface area contributed by atoms with Crippen LogP contribution in [0.2, 0.25) is 0 Å². The molecule has 1 saturated carbocycles. The van der Waals surface area contributed by atoms with Crippen LogP contribution >= 0.6 is 0 Å². The smallest absolute Gasteiger partial charge is 0.338 e. The first-order valence-corrected chi connectivity index (χ1v) is 6.90. The van der Waals surface area contributed by atoms with Gasteiger partial charge >= 0.3 is 5.97 Å². The molecule has 1 atom stereocenters. The fraction of sp³-hybridized carbons (Fsp3) is 0.438. The Kier molecular flexibility index (Phi) is 4.27. The molecule has 110 valence electrons. The van der Waals surface area contributed by atoms with Crippen molar-refractivity contribution in [1.29, 1.82) is 5.26 Å². The summed E-state index contributed by atoms with van der Waals surface area (Å²) >= 11 is 0. The Morgan fingerprint density at radius 2 is 2.00 bits per heavy atom. The molecule has 0 aromatic heterocycles. The first-order chi connectivity index (χ1) is 9.94. The molecule has 1 N–H and O–H groups in total. The lowest BCUT2D eigenvalue weighted by molar-refractivity contribution is -0.125. The summed E-state index contributed by atoms with van der Waals surface area (Å²) in [4.78, 5) is 23.6. The number of nitrogens with zero attached hydrogens (tertiary/aromatic N) is 1. The van der Waals surface area contributed by atoms with Crippen molar-refractivity contribution in [1.82, 2.24) is 5.32 Å². The number of aryl methyl sites for hydroxylation is 1. The molecule has 1 aromatic carbocycles. The molecule has 0 aliphatic heterocycles. The number of rotatable bonds is 5. The highest BCUT2D eigenvalue weighted by Crippen LogP contribution is 2.39. The predicted molar refractivity (Wildman–Crippen MR) is 76.3 cm³/mol. The maximum atomic E-state index is 11.8. The Labute approximate surface area is 123 Å². The standard InChI is InChI=1S/C16H18N2O3/c1-11-3-5-12(6-4-11)15(20)21-9-14(19)18-16(2,10-17)13-7-8-13/h3-6,13H,7-9H2,1-2H3,(H,18,19)/t16-/m1/s1. The van der Waals surface area contributed by atoms with Gasteiger partial charge in [-0.3, -0.25) is 4.79 Å². The molecule has 1 aliphatic rings. The molecular weight excluding hydrogens is 268 g/mol. The molecule has 0 radical (unpaired) electrons. The summed E-state index contributed by atoms with van der Waals surface area (Å²) in [6.45, 7) is 3.24. The highest BCUT2D eigenvalue weighted by Gasteiger charge is 2.43. The molecule has 1 amide bonds. The van der Waals surface area contributed by atoms with E-state index in [1.165, 1.54) is 0 Å². The number of carbonyl (C=O) groups is 2. The number of amides is 1. The quantitative estimate of drug-likeness (QED) is 0.839. The first kappa shape index (κ1) is 15.0. The molecule has 1 fully saturated rings. The van der Waals surface area contributed by atoms with Gasteiger partial charge in [0.25, 0.3) is 5.91 Å². The van der Waals surface area contributed by atoms with Gasteiger partial charge < -0.3 is 10.1 Å². The van der Waals surface area contributed by atoms with E-state index in [-0.39, 0.29) is 12.5 Å². The van der Waals surface area contributed by atoms with E-state index in [2.05, 4.69) is 11.4 Å². The summed E-state index contributed by atoms with van der Waals surface area (Å²) in [6.07, 6.45) is 1.88. The summed E-state index contributed by atoms with van der Waals surface area (Å²) in [5.74, 6) is -0.805. The number of esters is 1. The lowest BCUT2D eigenvalue weighted by Gasteiger charge is -2.22. The second-order valence-corrected chi connectivity index (χ2v) is 5.58. The van der Waals surface area contributed by atoms with Crippen molar-refractivity contribution in [3.05, 3.63) is 35.4 Å². The zero-order valence-corrected chi connectivity index (χ0v) is 12.2. The van der Waals surface area contributed by atoms with Crippen molar-refractivity contribution in [2.45, 2.75) is 32.2 Å². The molecule has 21 heavy (non-hydrogen) atoms. The van der Waals surface area contributed by atoms with E-state index in [4.69, 9.17) is 10.00 Å². The van der Waals surface area contributed by atoms with Crippen LogP contribution in [-0.4, -0.2) is 24.0 Å². The second-order valence-electron chi connectivity index (χ2n) is 5.58. The number of nitriles is 1. The molecule has 1 aromatic rings. The van der Waals surface area contributed by atoms with Crippen LogP contribution in [0.5, 0.6) is 0 Å². The lowest BCUT2D eigenvalue weighted by Crippen LogP contribution is -2.48. The first-order valence-electron chi connectivity index (χ1n) is 6.90. The van der Waals surface area contributed by atoms with Crippen LogP contribution in [-0.2, 0) is 9.53 Å². The third-order valence-electron chi connectivity index (χ3n) is 3.65. The molecule has 1 aliphatic carbocycles. The summed E-state index contributed by atoms with van der Waals surface area (Å²) in [5.41, 5.74) is 0.574. The summed E-state index contributed by atoms with van der Waals surface area (Å²) < 4.78 is 4.96. The molecule has 2 rings (SSSR count). The van der Waals surface area contributed by atoms with E-state index in [9.17, 15) is 9.59 Å². The van der Waals surface area contributed by atoms with Crippen molar-refractivity contribution in [3.8, 4) is 6.07 Å². The molecule has 5 heteroatoms. The fourth-order valence-electron chi connectivity index (χ4n) is 2.11. The van der Waals surface area contributed by atoms with Crippen LogP contribution in [0.1, 0.15) is 35.7 Å². The minimum Gasteiger partial charge on any atom is -0.452 e. The summed E-state index contributed by atoms with van der Waals surface area (Å²) in [6, 6.07) is 9.03. The molecule has 0 unspecified atom stereocenters. The summed E-state index contributed by atoms with van der Waals surface area (Å²) in [5, 5.41) is 11.8. The maximum Gasteiger partial charge on any atom is 0.338 e. The zero-order chi connectivity index (χ0) is 15.5. The average Bonchev–Trinajstić information content (AvgIpc) is 3.30. The van der Waals surface area contributed by atoms with Gasteiger partial charge in [-0.25, -0.2) is 4.79 Å². The average molecular weight is 286 g/mol. The SMILES string of the molecule is Cc1ccc(C(=O)OCC(=O)N[C@](C)(C#N)C2CC2)cc1. The Hall–Kier alpha value is -2.35. The molecule has 5 nitrogen and oxygen atoms in total. The largest absolute Gasteiger partial charge is 0.452 e. The van der Waals surface area contributed by atoms with E-state index in [1.54, 1.807) is 31.2 Å². The van der Waals surface area contributed by atoms with E-state index in [1.807, 2.05) is 6.92 Å². The Balaban J connectivity index is 1.85. The van der Waals surface area contributed by atoms with Gasteiger partial charge in [-0.1, -0.05) is 17.7 Å². The van der Waals surface area contributed by atoms with Crippen LogP contribution in [0.25, 0.3) is 0 Å². The van der Waals surface area contributed by atoms with Gasteiger partial charge in [-0.2, -0.15) is 5.26 Å². The van der Waals surface area contributed by atoms with Gasteiger partial charge in [0.05, 0.1) is 11.6 Å². The highest BCUT2D eigenvalue weighted by molar-refractivity contribution is 5.91. The number of hydrogen-bond acceptors (Lipinski definition) is 4. The van der Waals surface area contributed by atoms with E-state index in [0.717, 1.165) is 18.4 Å². The molecule has 0 heterocycles. The number of benzene rings is 1. The zero-order valence-electron chi connectivity index (χ0n) is 12.2. The third-order valence-corrected chi connectivity index (χ3v) is 3.65. The number of carbonyl (C=O) groups excluding carboxylic acids is 2. The van der Waals surface area contributed by atoms with Crippen LogP contribution in [0.15, 0.2) is 24.3 Å². The van der Waals surface area contributed by atoms with Crippen LogP contribution < -0.4 is 5.32 Å². The molecule has 0 spiro atoms. The van der Waals surface area contributed by atoms with Gasteiger partial charge in [0.1, 0.15) is 5.54 Å². The number of nitrogens with one attached hydrogen (secondary N) is 1. The minimum atomic E-state index is -0.868. The summed E-state index contributed by atoms with van der Waals surface area (Å²) in [7, 11) is 0. The monoisotopic (exact) mass is 286 g/mol. The van der Waals surface area contributed by atoms with Gasteiger partial charge in [0, 0.05) is 0 Å². The minimum absolute atomic E-state index is 0.194. The Bertz CT molecular complexity index is 585. The molecule has 0 saturated heterocycles. The van der Waals surface area contributed by atoms with Crippen molar-refractivity contribution in [2.24, 2.45) is 5.92 Å². The van der Waals surface area contributed by atoms with Gasteiger partial charge in [-0.05, 0) is 44.7 Å². The number of ether oxygens (including phenoxy) is 1. The highest BCUT2D eigenvalue weighted by atomic mass is 16.5. The van der Waals surface area contributed by atoms with E-state index in [0.29, 0.717) is 5.56 Å². The van der Waals surface area contributed by atoms with Gasteiger partial charge in [-0.15, -0.1) is 0 Å². The van der Waals surface area contributed by atoms with Crippen molar-refractivity contribution in [3.63, 3.8) is 0 Å². The van der Waals surface area contributed by atoms with Gasteiger partial charge in [0.2, 0.25) is 0 Å². The Morgan fingerprint density at radius 1 is 1.38 bits per heavy atom. The van der Waals surface area contributed by atoms with Crippen molar-refractivity contribution in [2.75, 3.05) is 6.61 Å². The van der Waals surface area contributed by atoms with Crippen LogP contribution in [0.4, 0.5) is 0 Å². The Morgan fingerprint density at radius 3 is 2.52 bits per heavy atom. The van der Waals surface area contributed by atoms with Gasteiger partial charge in [0.15, 0.2) is 6.61 Å². The van der Waals surface area contributed by atoms with Crippen LogP contribution in [0.3, 0.4) is 0 Å². The topological polar surface area (TPSA) is 79.2 Å². The van der Waals surface area contributed by atoms with E-state index >= 15 is 0 Å². The number of hydrogen-bond donors (Lipinski definition) is 1. The lowest BCUT2D eigenvalue weighted by atomic mass is 9.98. The van der Waals surface area contributed by atoms with Crippen LogP contribution in [0, 0.1) is 24.2 Å². The second kappa shape index (κ2) is 5.96. The molecular formula is C16H18N2O3. The van der Waals surface area contributed by atoms with E-state index < -0.39 is 17.4 Å². The molecule has 0 bridgehead atoms. The van der Waals surface area contributed by atoms with Crippen molar-refractivity contribution < 1.29 is 14.3 Å². The third kappa shape index (κ3) is 3.82. The maximum absolute atomic E-state index is 11.8.